The van der Waals surface area contributed by atoms with E-state index in [1.165, 1.54) is 41.6 Å². The maximum atomic E-state index is 12.0. The van der Waals surface area contributed by atoms with Crippen LogP contribution in [0.2, 0.25) is 0 Å². The van der Waals surface area contributed by atoms with Crippen LogP contribution in [0.5, 0.6) is 0 Å². The van der Waals surface area contributed by atoms with Crippen LogP contribution in [0.15, 0.2) is 53.0 Å². The molecule has 2 aromatic rings. The fourth-order valence-electron chi connectivity index (χ4n) is 6.13. The van der Waals surface area contributed by atoms with Crippen molar-refractivity contribution in [3.8, 4) is 0 Å². The number of unbranched alkanes of at least 4 members (excludes halogenated alkanes) is 2. The van der Waals surface area contributed by atoms with Crippen LogP contribution in [0.1, 0.15) is 90.4 Å². The van der Waals surface area contributed by atoms with Gasteiger partial charge in [0.1, 0.15) is 0 Å². The molecule has 0 radical (unpaired) electrons. The van der Waals surface area contributed by atoms with Gasteiger partial charge in [0.2, 0.25) is 0 Å². The number of allylic oxidation sites excluding steroid dienone is 2. The Balaban J connectivity index is 1.64. The van der Waals surface area contributed by atoms with Crippen molar-refractivity contribution in [1.29, 1.82) is 0 Å². The maximum absolute atomic E-state index is 12.0. The van der Waals surface area contributed by atoms with Gasteiger partial charge in [-0.1, -0.05) is 66.4 Å². The molecule has 3 aliphatic rings. The molecule has 0 bridgehead atoms. The zero-order valence-corrected chi connectivity index (χ0v) is 19.6. The number of hydrogen-bond donors (Lipinski definition) is 1. The number of anilines is 1. The molecular formula is C27H30BrNO2. The lowest BCUT2D eigenvalue weighted by Crippen LogP contribution is -2.43. The molecule has 0 aromatic heterocycles. The number of nitrogens with zero attached hydrogens (tertiary/aromatic N) is 1. The van der Waals surface area contributed by atoms with E-state index in [1.807, 2.05) is 12.1 Å². The summed E-state index contributed by atoms with van der Waals surface area (Å²) < 4.78 is 1.11. The Hall–Kier alpha value is -2.07. The third kappa shape index (κ3) is 3.63. The van der Waals surface area contributed by atoms with Gasteiger partial charge in [-0.05, 0) is 72.1 Å². The summed E-state index contributed by atoms with van der Waals surface area (Å²) in [6.45, 7) is 3.29. The lowest BCUT2D eigenvalue weighted by atomic mass is 9.71. The Morgan fingerprint density at radius 2 is 1.94 bits per heavy atom. The highest BCUT2D eigenvalue weighted by atomic mass is 79.9. The summed E-state index contributed by atoms with van der Waals surface area (Å²) in [6.07, 6.45) is 11.6. The Bertz CT molecular complexity index is 1010. The van der Waals surface area contributed by atoms with Crippen LogP contribution in [0.25, 0.3) is 0 Å². The van der Waals surface area contributed by atoms with Crippen molar-refractivity contribution in [3.63, 3.8) is 0 Å². The molecule has 0 unspecified atom stereocenters. The Morgan fingerprint density at radius 3 is 2.68 bits per heavy atom. The maximum Gasteiger partial charge on any atom is 0.335 e. The van der Waals surface area contributed by atoms with Crippen molar-refractivity contribution in [2.75, 3.05) is 11.4 Å². The topological polar surface area (TPSA) is 40.5 Å². The second kappa shape index (κ2) is 8.46. The SMILES string of the molecule is CCCCC[C@H]1CCN2c3c1cc(C(=O)O)cc3[C@H]1C=CC[C@@H]1[C@@H]2c1ccc(Br)cc1. The zero-order valence-electron chi connectivity index (χ0n) is 18.1. The van der Waals surface area contributed by atoms with Gasteiger partial charge in [0, 0.05) is 22.6 Å². The van der Waals surface area contributed by atoms with Gasteiger partial charge in [0.05, 0.1) is 11.6 Å². The second-order valence-corrected chi connectivity index (χ2v) is 10.2. The highest BCUT2D eigenvalue weighted by Gasteiger charge is 2.45. The van der Waals surface area contributed by atoms with Crippen LogP contribution >= 0.6 is 15.9 Å². The highest BCUT2D eigenvalue weighted by Crippen LogP contribution is 2.57. The van der Waals surface area contributed by atoms with Gasteiger partial charge in [-0.3, -0.25) is 0 Å². The van der Waals surface area contributed by atoms with Gasteiger partial charge in [0.25, 0.3) is 0 Å². The molecule has 2 aliphatic heterocycles. The third-order valence-electron chi connectivity index (χ3n) is 7.54. The third-order valence-corrected chi connectivity index (χ3v) is 8.07. The summed E-state index contributed by atoms with van der Waals surface area (Å²) in [4.78, 5) is 14.6. The van der Waals surface area contributed by atoms with E-state index in [-0.39, 0.29) is 0 Å². The van der Waals surface area contributed by atoms with Crippen LogP contribution in [-0.2, 0) is 0 Å². The van der Waals surface area contributed by atoms with Crippen LogP contribution in [0, 0.1) is 5.92 Å². The molecule has 0 saturated carbocycles. The van der Waals surface area contributed by atoms with E-state index in [4.69, 9.17) is 0 Å². The molecule has 162 valence electrons. The second-order valence-electron chi connectivity index (χ2n) is 9.33. The number of fused-ring (bicyclic) bond motifs is 2. The Labute approximate surface area is 193 Å². The average Bonchev–Trinajstić information content (AvgIpc) is 3.26. The number of aromatic carboxylic acids is 1. The molecule has 2 heterocycles. The fourth-order valence-corrected chi connectivity index (χ4v) is 6.40. The number of halogens is 1. The predicted octanol–water partition coefficient (Wildman–Crippen LogP) is 7.44. The molecule has 31 heavy (non-hydrogen) atoms. The lowest BCUT2D eigenvalue weighted by Gasteiger charge is -2.50. The standard InChI is InChI=1S/C27H30BrNO2/c1-2-3-4-6-17-13-14-29-25(18-9-11-20(28)12-10-18)22-8-5-7-21(22)24-16-19(27(30)31)15-23(17)26(24)29/h5,7,9-12,15-17,21-22,25H,2-4,6,8,13-14H2,1H3,(H,30,31)/t17-,21-,22-,25-/m0/s1. The van der Waals surface area contributed by atoms with Crippen LogP contribution < -0.4 is 4.90 Å². The summed E-state index contributed by atoms with van der Waals surface area (Å²) in [5, 5.41) is 9.85. The molecule has 0 saturated heterocycles. The van der Waals surface area contributed by atoms with Gasteiger partial charge >= 0.3 is 5.97 Å². The first kappa shape index (κ1) is 20.8. The van der Waals surface area contributed by atoms with Gasteiger partial charge in [0.15, 0.2) is 0 Å². The summed E-state index contributed by atoms with van der Waals surface area (Å²) in [5.41, 5.74) is 5.67. The Morgan fingerprint density at radius 1 is 1.16 bits per heavy atom. The van der Waals surface area contributed by atoms with Gasteiger partial charge in [-0.15, -0.1) is 0 Å². The Kier molecular flexibility index (Phi) is 5.68. The molecule has 0 fully saturated rings. The minimum atomic E-state index is -0.808. The quantitative estimate of drug-likeness (QED) is 0.345. The molecule has 4 heteroatoms. The molecule has 1 N–H and O–H groups in total. The van der Waals surface area contributed by atoms with Gasteiger partial charge in [-0.2, -0.15) is 0 Å². The smallest absolute Gasteiger partial charge is 0.335 e. The van der Waals surface area contributed by atoms with Crippen molar-refractivity contribution in [3.05, 3.63) is 75.3 Å². The van der Waals surface area contributed by atoms with Crippen molar-refractivity contribution in [2.45, 2.75) is 63.3 Å². The number of carboxylic acid groups (broad SMARTS) is 1. The summed E-state index contributed by atoms with van der Waals surface area (Å²) >= 11 is 3.58. The lowest BCUT2D eigenvalue weighted by molar-refractivity contribution is 0.0696. The average molecular weight is 480 g/mol. The van der Waals surface area contributed by atoms with Crippen molar-refractivity contribution < 1.29 is 9.90 Å². The van der Waals surface area contributed by atoms with Crippen LogP contribution in [0.4, 0.5) is 5.69 Å². The largest absolute Gasteiger partial charge is 0.478 e. The monoisotopic (exact) mass is 479 g/mol. The predicted molar refractivity (Wildman–Crippen MR) is 129 cm³/mol. The highest BCUT2D eigenvalue weighted by molar-refractivity contribution is 9.10. The molecule has 0 amide bonds. The number of carbonyl (C=O) groups is 1. The van der Waals surface area contributed by atoms with E-state index >= 15 is 0 Å². The number of rotatable bonds is 6. The minimum Gasteiger partial charge on any atom is -0.478 e. The van der Waals surface area contributed by atoms with Crippen molar-refractivity contribution in [2.24, 2.45) is 5.92 Å². The molecule has 1 aliphatic carbocycles. The normalized spacial score (nSPS) is 25.9. The first-order chi connectivity index (χ1) is 15.1. The number of carboxylic acids is 1. The summed E-state index contributed by atoms with van der Waals surface area (Å²) in [5.74, 6) is 0.412. The van der Waals surface area contributed by atoms with Crippen LogP contribution in [0.3, 0.4) is 0 Å². The van der Waals surface area contributed by atoms with E-state index in [1.54, 1.807) is 0 Å². The molecule has 2 aromatic carbocycles. The van der Waals surface area contributed by atoms with E-state index in [0.29, 0.717) is 29.4 Å². The van der Waals surface area contributed by atoms with Crippen molar-refractivity contribution >= 4 is 27.6 Å². The van der Waals surface area contributed by atoms with E-state index in [9.17, 15) is 9.90 Å². The molecule has 3 nitrogen and oxygen atoms in total. The zero-order chi connectivity index (χ0) is 21.5. The van der Waals surface area contributed by atoms with E-state index in [0.717, 1.165) is 30.3 Å². The number of hydrogen-bond acceptors (Lipinski definition) is 2. The summed E-state index contributed by atoms with van der Waals surface area (Å²) in [6, 6.07) is 13.1. The molecule has 0 spiro atoms. The van der Waals surface area contributed by atoms with Gasteiger partial charge in [-0.25, -0.2) is 4.79 Å². The molecule has 5 rings (SSSR count). The van der Waals surface area contributed by atoms with Crippen LogP contribution in [-0.4, -0.2) is 17.6 Å². The van der Waals surface area contributed by atoms with Gasteiger partial charge < -0.3 is 10.0 Å². The van der Waals surface area contributed by atoms with E-state index < -0.39 is 5.97 Å². The first-order valence-corrected chi connectivity index (χ1v) is 12.5. The molecular weight excluding hydrogens is 450 g/mol. The van der Waals surface area contributed by atoms with Crippen molar-refractivity contribution in [1.82, 2.24) is 0 Å². The minimum absolute atomic E-state index is 0.298. The number of benzene rings is 2. The first-order valence-electron chi connectivity index (χ1n) is 11.7. The fraction of sp³-hybridized carbons (Fsp3) is 0.444. The molecule has 4 atom stereocenters. The van der Waals surface area contributed by atoms with E-state index in [2.05, 4.69) is 64.2 Å². The summed E-state index contributed by atoms with van der Waals surface area (Å²) in [7, 11) is 0.